The molecule has 0 fully saturated rings. The molecule has 58 valence electrons. The number of aromatic amines is 1. The molecule has 0 atom stereocenters. The van der Waals surface area contributed by atoms with Crippen LogP contribution in [-0.2, 0) is 0 Å². The zero-order valence-electron chi connectivity index (χ0n) is 6.63. The highest BCUT2D eigenvalue weighted by molar-refractivity contribution is 5.85. The van der Waals surface area contributed by atoms with E-state index >= 15 is 0 Å². The van der Waals surface area contributed by atoms with Gasteiger partial charge in [0.25, 0.3) is 0 Å². The number of pyridine rings is 1. The van der Waals surface area contributed by atoms with Gasteiger partial charge in [0, 0.05) is 17.3 Å². The van der Waals surface area contributed by atoms with Gasteiger partial charge in [0.1, 0.15) is 6.07 Å². The summed E-state index contributed by atoms with van der Waals surface area (Å²) in [7, 11) is 0. The molecule has 0 saturated carbocycles. The summed E-state index contributed by atoms with van der Waals surface area (Å²) >= 11 is 0. The molecule has 2 aromatic heterocycles. The minimum absolute atomic E-state index is 0.622. The topological polar surface area (TPSA) is 52.5 Å². The summed E-state index contributed by atoms with van der Waals surface area (Å²) in [4.78, 5) is 7.06. The normalized spacial score (nSPS) is 10.0. The van der Waals surface area contributed by atoms with Crippen LogP contribution in [-0.4, -0.2) is 9.97 Å². The van der Waals surface area contributed by atoms with Gasteiger partial charge in [-0.05, 0) is 13.0 Å². The van der Waals surface area contributed by atoms with Crippen molar-refractivity contribution in [1.29, 1.82) is 5.26 Å². The first-order chi connectivity index (χ1) is 5.81. The van der Waals surface area contributed by atoms with Crippen molar-refractivity contribution >= 4 is 10.9 Å². The molecule has 0 amide bonds. The second-order valence-electron chi connectivity index (χ2n) is 2.71. The van der Waals surface area contributed by atoms with E-state index in [9.17, 15) is 0 Å². The molecular weight excluding hydrogens is 150 g/mol. The SMILES string of the molecule is Cc1cc2c(C#N)cncc2[nH]1. The van der Waals surface area contributed by atoms with Crippen LogP contribution in [0.15, 0.2) is 18.5 Å². The lowest BCUT2D eigenvalue weighted by molar-refractivity contribution is 1.27. The van der Waals surface area contributed by atoms with Crippen LogP contribution in [0.5, 0.6) is 0 Å². The first-order valence-electron chi connectivity index (χ1n) is 3.64. The molecule has 0 spiro atoms. The Morgan fingerprint density at radius 1 is 1.50 bits per heavy atom. The second-order valence-corrected chi connectivity index (χ2v) is 2.71. The maximum atomic E-state index is 8.74. The number of nitrogens with one attached hydrogen (secondary N) is 1. The minimum atomic E-state index is 0.622. The fourth-order valence-corrected chi connectivity index (χ4v) is 1.28. The van der Waals surface area contributed by atoms with E-state index in [1.54, 1.807) is 12.4 Å². The Labute approximate surface area is 69.7 Å². The Hall–Kier alpha value is -1.82. The van der Waals surface area contributed by atoms with Crippen molar-refractivity contribution in [2.45, 2.75) is 6.92 Å². The molecule has 2 rings (SSSR count). The standard InChI is InChI=1S/C9H7N3/c1-6-2-8-7(3-10)4-11-5-9(8)12-6/h2,4-5,12H,1H3. The van der Waals surface area contributed by atoms with Crippen LogP contribution in [0.4, 0.5) is 0 Å². The summed E-state index contributed by atoms with van der Waals surface area (Å²) in [6, 6.07) is 4.05. The molecule has 3 nitrogen and oxygen atoms in total. The van der Waals surface area contributed by atoms with Gasteiger partial charge in [0.2, 0.25) is 0 Å². The number of aryl methyl sites for hydroxylation is 1. The third-order valence-electron chi connectivity index (χ3n) is 1.80. The summed E-state index contributed by atoms with van der Waals surface area (Å²) in [5.41, 5.74) is 2.60. The second kappa shape index (κ2) is 2.35. The Morgan fingerprint density at radius 3 is 3.08 bits per heavy atom. The van der Waals surface area contributed by atoms with Crippen molar-refractivity contribution in [2.75, 3.05) is 0 Å². The molecule has 0 radical (unpaired) electrons. The predicted octanol–water partition coefficient (Wildman–Crippen LogP) is 1.74. The fourth-order valence-electron chi connectivity index (χ4n) is 1.28. The molecule has 0 aliphatic heterocycles. The van der Waals surface area contributed by atoms with Crippen LogP contribution in [0.1, 0.15) is 11.3 Å². The third kappa shape index (κ3) is 0.857. The summed E-state index contributed by atoms with van der Waals surface area (Å²) in [6.07, 6.45) is 3.30. The van der Waals surface area contributed by atoms with E-state index in [1.807, 2.05) is 13.0 Å². The molecule has 0 bridgehead atoms. The highest BCUT2D eigenvalue weighted by atomic mass is 14.7. The number of aromatic nitrogens is 2. The zero-order chi connectivity index (χ0) is 8.55. The van der Waals surface area contributed by atoms with Crippen LogP contribution >= 0.6 is 0 Å². The lowest BCUT2D eigenvalue weighted by Gasteiger charge is -1.89. The molecule has 2 heterocycles. The highest BCUT2D eigenvalue weighted by Crippen LogP contribution is 2.16. The monoisotopic (exact) mass is 157 g/mol. The summed E-state index contributed by atoms with van der Waals surface area (Å²) in [6.45, 7) is 1.96. The number of nitrogens with zero attached hydrogens (tertiary/aromatic N) is 2. The molecule has 2 aromatic rings. The summed E-state index contributed by atoms with van der Waals surface area (Å²) < 4.78 is 0. The fraction of sp³-hybridized carbons (Fsp3) is 0.111. The smallest absolute Gasteiger partial charge is 0.101 e. The van der Waals surface area contributed by atoms with Gasteiger partial charge >= 0.3 is 0 Å². The maximum Gasteiger partial charge on any atom is 0.101 e. The van der Waals surface area contributed by atoms with Crippen molar-refractivity contribution in [2.24, 2.45) is 0 Å². The van der Waals surface area contributed by atoms with Gasteiger partial charge in [-0.25, -0.2) is 0 Å². The lowest BCUT2D eigenvalue weighted by Crippen LogP contribution is -1.78. The molecule has 12 heavy (non-hydrogen) atoms. The number of hydrogen-bond acceptors (Lipinski definition) is 2. The van der Waals surface area contributed by atoms with Crippen LogP contribution in [0, 0.1) is 18.3 Å². The van der Waals surface area contributed by atoms with Crippen LogP contribution < -0.4 is 0 Å². The van der Waals surface area contributed by atoms with E-state index in [2.05, 4.69) is 16.0 Å². The number of rotatable bonds is 0. The Bertz CT molecular complexity index is 462. The van der Waals surface area contributed by atoms with Crippen molar-refractivity contribution in [1.82, 2.24) is 9.97 Å². The molecule has 0 unspecified atom stereocenters. The summed E-state index contributed by atoms with van der Waals surface area (Å²) in [5.74, 6) is 0. The van der Waals surface area contributed by atoms with E-state index in [0.29, 0.717) is 5.56 Å². The largest absolute Gasteiger partial charge is 0.357 e. The Balaban J connectivity index is 2.89. The van der Waals surface area contributed by atoms with Crippen molar-refractivity contribution in [3.63, 3.8) is 0 Å². The number of H-pyrrole nitrogens is 1. The molecule has 0 aliphatic rings. The highest BCUT2D eigenvalue weighted by Gasteiger charge is 2.01. The number of hydrogen-bond donors (Lipinski definition) is 1. The van der Waals surface area contributed by atoms with E-state index in [4.69, 9.17) is 5.26 Å². The van der Waals surface area contributed by atoms with Crippen LogP contribution in [0.25, 0.3) is 10.9 Å². The van der Waals surface area contributed by atoms with E-state index < -0.39 is 0 Å². The van der Waals surface area contributed by atoms with Gasteiger partial charge < -0.3 is 4.98 Å². The van der Waals surface area contributed by atoms with Crippen molar-refractivity contribution < 1.29 is 0 Å². The Kier molecular flexibility index (Phi) is 1.34. The zero-order valence-corrected chi connectivity index (χ0v) is 6.63. The number of nitriles is 1. The van der Waals surface area contributed by atoms with Crippen LogP contribution in [0.2, 0.25) is 0 Å². The molecule has 3 heteroatoms. The van der Waals surface area contributed by atoms with Gasteiger partial charge in [-0.15, -0.1) is 0 Å². The average molecular weight is 157 g/mol. The average Bonchev–Trinajstić information content (AvgIpc) is 2.44. The maximum absolute atomic E-state index is 8.74. The van der Waals surface area contributed by atoms with E-state index in [1.165, 1.54) is 0 Å². The van der Waals surface area contributed by atoms with Crippen molar-refractivity contribution in [3.05, 3.63) is 29.7 Å². The van der Waals surface area contributed by atoms with Gasteiger partial charge in [0.05, 0.1) is 17.3 Å². The first-order valence-corrected chi connectivity index (χ1v) is 3.64. The van der Waals surface area contributed by atoms with Gasteiger partial charge in [-0.1, -0.05) is 0 Å². The lowest BCUT2D eigenvalue weighted by atomic mass is 10.2. The molecular formula is C9H7N3. The summed E-state index contributed by atoms with van der Waals surface area (Å²) in [5, 5.41) is 9.69. The molecule has 0 aliphatic carbocycles. The van der Waals surface area contributed by atoms with Gasteiger partial charge in [-0.2, -0.15) is 5.26 Å². The first kappa shape index (κ1) is 6.86. The molecule has 0 aromatic carbocycles. The van der Waals surface area contributed by atoms with Crippen LogP contribution in [0.3, 0.4) is 0 Å². The minimum Gasteiger partial charge on any atom is -0.357 e. The Morgan fingerprint density at radius 2 is 2.33 bits per heavy atom. The van der Waals surface area contributed by atoms with E-state index in [-0.39, 0.29) is 0 Å². The molecule has 0 saturated heterocycles. The third-order valence-corrected chi connectivity index (χ3v) is 1.80. The van der Waals surface area contributed by atoms with Gasteiger partial charge in [0.15, 0.2) is 0 Å². The van der Waals surface area contributed by atoms with E-state index in [0.717, 1.165) is 16.6 Å². The molecule has 1 N–H and O–H groups in total. The number of fused-ring (bicyclic) bond motifs is 1. The van der Waals surface area contributed by atoms with Gasteiger partial charge in [-0.3, -0.25) is 4.98 Å². The quantitative estimate of drug-likeness (QED) is 0.633. The predicted molar refractivity (Wildman–Crippen MR) is 45.5 cm³/mol. The van der Waals surface area contributed by atoms with Crippen molar-refractivity contribution in [3.8, 4) is 6.07 Å².